The van der Waals surface area contributed by atoms with E-state index < -0.39 is 17.7 Å². The molecule has 1 aliphatic heterocycles. The maximum absolute atomic E-state index is 13.3. The molecule has 1 aromatic carbocycles. The molecule has 3 aromatic heterocycles. The molecule has 1 unspecified atom stereocenters. The van der Waals surface area contributed by atoms with Gasteiger partial charge in [-0.25, -0.2) is 9.97 Å². The standard InChI is InChI=1S/C26H22N4O4S/c1-4-13-34-18-9-7-17(8-10-18)21-19(23(32)25(33)30(21)26-27-11-14-35-26)22(31)20-16(3)29-12-5-6-15(2)24(29)28-20/h4-12,14,21,31H,1,13H2,2-3H3. The van der Waals surface area contributed by atoms with Gasteiger partial charge in [-0.15, -0.1) is 11.3 Å². The quantitative estimate of drug-likeness (QED) is 0.185. The molecule has 0 saturated carbocycles. The van der Waals surface area contributed by atoms with Gasteiger partial charge >= 0.3 is 5.91 Å². The number of benzene rings is 1. The molecule has 0 bridgehead atoms. The van der Waals surface area contributed by atoms with Crippen molar-refractivity contribution in [3.8, 4) is 5.75 Å². The zero-order chi connectivity index (χ0) is 24.7. The molecule has 1 fully saturated rings. The number of carbonyl (C=O) groups is 2. The third-order valence-electron chi connectivity index (χ3n) is 5.94. The fourth-order valence-electron chi connectivity index (χ4n) is 4.26. The van der Waals surface area contributed by atoms with Crippen LogP contribution in [-0.2, 0) is 9.59 Å². The predicted molar refractivity (Wildman–Crippen MR) is 134 cm³/mol. The van der Waals surface area contributed by atoms with Crippen molar-refractivity contribution in [2.24, 2.45) is 0 Å². The highest BCUT2D eigenvalue weighted by Gasteiger charge is 2.48. The van der Waals surface area contributed by atoms with Crippen LogP contribution in [-0.4, -0.2) is 37.8 Å². The summed E-state index contributed by atoms with van der Waals surface area (Å²) >= 11 is 1.24. The molecule has 5 rings (SSSR count). The molecule has 0 aliphatic carbocycles. The Morgan fingerprint density at radius 1 is 1.23 bits per heavy atom. The molecular weight excluding hydrogens is 464 g/mol. The van der Waals surface area contributed by atoms with Gasteiger partial charge in [0.1, 0.15) is 23.7 Å². The average Bonchev–Trinajstić information content (AvgIpc) is 3.57. The second-order valence-corrected chi connectivity index (χ2v) is 8.96. The molecule has 1 N–H and O–H groups in total. The molecule has 1 saturated heterocycles. The maximum Gasteiger partial charge on any atom is 0.301 e. The summed E-state index contributed by atoms with van der Waals surface area (Å²) in [5, 5.41) is 13.5. The van der Waals surface area contributed by atoms with E-state index in [1.807, 2.05) is 36.6 Å². The van der Waals surface area contributed by atoms with Crippen LogP contribution in [0.15, 0.2) is 72.4 Å². The minimum Gasteiger partial charge on any atom is -0.505 e. The lowest BCUT2D eigenvalue weighted by molar-refractivity contribution is -0.132. The number of imidazole rings is 1. The number of anilines is 1. The number of ether oxygens (including phenoxy) is 1. The van der Waals surface area contributed by atoms with Crippen LogP contribution in [0.4, 0.5) is 5.13 Å². The molecule has 1 atom stereocenters. The maximum atomic E-state index is 13.3. The number of amides is 1. The van der Waals surface area contributed by atoms with E-state index in [1.54, 1.807) is 41.9 Å². The lowest BCUT2D eigenvalue weighted by atomic mass is 9.96. The summed E-state index contributed by atoms with van der Waals surface area (Å²) in [6.45, 7) is 7.73. The highest BCUT2D eigenvalue weighted by Crippen LogP contribution is 2.43. The van der Waals surface area contributed by atoms with Crippen LogP contribution in [0.2, 0.25) is 0 Å². The Morgan fingerprint density at radius 2 is 2.00 bits per heavy atom. The Hall–Kier alpha value is -4.24. The average molecular weight is 487 g/mol. The highest BCUT2D eigenvalue weighted by molar-refractivity contribution is 7.14. The van der Waals surface area contributed by atoms with Gasteiger partial charge in [0, 0.05) is 17.8 Å². The third kappa shape index (κ3) is 3.70. The van der Waals surface area contributed by atoms with Crippen LogP contribution in [0.1, 0.15) is 28.6 Å². The second-order valence-electron chi connectivity index (χ2n) is 8.08. The molecule has 9 heteroatoms. The number of aliphatic hydroxyl groups is 1. The van der Waals surface area contributed by atoms with Crippen molar-refractivity contribution in [2.45, 2.75) is 19.9 Å². The summed E-state index contributed by atoms with van der Waals surface area (Å²) in [4.78, 5) is 36.7. The number of carbonyl (C=O) groups excluding carboxylic acids is 2. The number of aromatic nitrogens is 3. The molecule has 0 spiro atoms. The second kappa shape index (κ2) is 8.84. The summed E-state index contributed by atoms with van der Waals surface area (Å²) in [6.07, 6.45) is 5.05. The summed E-state index contributed by atoms with van der Waals surface area (Å²) in [7, 11) is 0. The van der Waals surface area contributed by atoms with Gasteiger partial charge in [0.25, 0.3) is 5.78 Å². The molecule has 176 valence electrons. The lowest BCUT2D eigenvalue weighted by Crippen LogP contribution is -2.29. The molecule has 0 radical (unpaired) electrons. The van der Waals surface area contributed by atoms with Crippen molar-refractivity contribution >= 4 is 39.6 Å². The van der Waals surface area contributed by atoms with Crippen LogP contribution in [0, 0.1) is 13.8 Å². The van der Waals surface area contributed by atoms with Crippen LogP contribution >= 0.6 is 11.3 Å². The lowest BCUT2D eigenvalue weighted by Gasteiger charge is -2.23. The van der Waals surface area contributed by atoms with E-state index >= 15 is 0 Å². The Balaban J connectivity index is 1.70. The first-order chi connectivity index (χ1) is 16.9. The Labute approximate surface area is 205 Å². The van der Waals surface area contributed by atoms with Gasteiger partial charge in [-0.3, -0.25) is 14.5 Å². The summed E-state index contributed by atoms with van der Waals surface area (Å²) in [5.74, 6) is -1.24. The Kier molecular flexibility index (Phi) is 5.70. The zero-order valence-electron chi connectivity index (χ0n) is 19.1. The third-order valence-corrected chi connectivity index (χ3v) is 6.71. The van der Waals surface area contributed by atoms with Gasteiger partial charge < -0.3 is 14.2 Å². The topological polar surface area (TPSA) is 97.0 Å². The highest BCUT2D eigenvalue weighted by atomic mass is 32.1. The first-order valence-corrected chi connectivity index (χ1v) is 11.8. The number of thiazole rings is 1. The first kappa shape index (κ1) is 22.5. The van der Waals surface area contributed by atoms with Crippen molar-refractivity contribution in [2.75, 3.05) is 11.5 Å². The number of pyridine rings is 1. The largest absolute Gasteiger partial charge is 0.505 e. The van der Waals surface area contributed by atoms with Crippen LogP contribution in [0.25, 0.3) is 11.4 Å². The molecule has 35 heavy (non-hydrogen) atoms. The number of nitrogens with zero attached hydrogens (tertiary/aromatic N) is 4. The summed E-state index contributed by atoms with van der Waals surface area (Å²) in [5.41, 5.74) is 3.10. The minimum absolute atomic E-state index is 0.0332. The molecule has 8 nitrogen and oxygen atoms in total. The van der Waals surface area contributed by atoms with E-state index in [-0.39, 0.29) is 17.0 Å². The van der Waals surface area contributed by atoms with Crippen molar-refractivity contribution in [3.63, 3.8) is 0 Å². The molecule has 1 amide bonds. The first-order valence-electron chi connectivity index (χ1n) is 10.9. The summed E-state index contributed by atoms with van der Waals surface area (Å²) in [6, 6.07) is 9.97. The molecule has 4 heterocycles. The minimum atomic E-state index is -0.875. The van der Waals surface area contributed by atoms with E-state index in [0.717, 1.165) is 5.56 Å². The predicted octanol–water partition coefficient (Wildman–Crippen LogP) is 4.60. The number of rotatable bonds is 6. The molecular formula is C26H22N4O4S. The smallest absolute Gasteiger partial charge is 0.301 e. The molecule has 1 aliphatic rings. The van der Waals surface area contributed by atoms with E-state index in [0.29, 0.717) is 34.4 Å². The number of fused-ring (bicyclic) bond motifs is 1. The Morgan fingerprint density at radius 3 is 2.66 bits per heavy atom. The van der Waals surface area contributed by atoms with Gasteiger partial charge in [0.15, 0.2) is 10.9 Å². The number of aryl methyl sites for hydroxylation is 2. The SMILES string of the molecule is C=CCOc1ccc(C2C(=C(O)c3nc4c(C)cccn4c3C)C(=O)C(=O)N2c2nccs2)cc1. The van der Waals surface area contributed by atoms with Gasteiger partial charge in [-0.2, -0.15) is 0 Å². The Bertz CT molecular complexity index is 1490. The number of aliphatic hydroxyl groups excluding tert-OH is 1. The van der Waals surface area contributed by atoms with Crippen LogP contribution in [0.3, 0.4) is 0 Å². The van der Waals surface area contributed by atoms with Crippen molar-refractivity contribution in [1.29, 1.82) is 0 Å². The van der Waals surface area contributed by atoms with Gasteiger partial charge in [0.2, 0.25) is 0 Å². The van der Waals surface area contributed by atoms with E-state index in [1.165, 1.54) is 16.2 Å². The van der Waals surface area contributed by atoms with Crippen molar-refractivity contribution < 1.29 is 19.4 Å². The number of ketones is 1. The van der Waals surface area contributed by atoms with E-state index in [4.69, 9.17) is 4.74 Å². The van der Waals surface area contributed by atoms with Crippen molar-refractivity contribution in [1.82, 2.24) is 14.4 Å². The summed E-state index contributed by atoms with van der Waals surface area (Å²) < 4.78 is 7.42. The fraction of sp³-hybridized carbons (Fsp3) is 0.154. The zero-order valence-corrected chi connectivity index (χ0v) is 20.0. The van der Waals surface area contributed by atoms with E-state index in [2.05, 4.69) is 16.5 Å². The number of hydrogen-bond donors (Lipinski definition) is 1. The van der Waals surface area contributed by atoms with Gasteiger partial charge in [-0.05, 0) is 43.2 Å². The molecule has 4 aromatic rings. The van der Waals surface area contributed by atoms with E-state index in [9.17, 15) is 14.7 Å². The monoisotopic (exact) mass is 486 g/mol. The fourth-order valence-corrected chi connectivity index (χ4v) is 4.92. The number of Topliss-reactive ketones (excluding diaryl/α,β-unsaturated/α-hetero) is 1. The number of hydrogen-bond acceptors (Lipinski definition) is 7. The van der Waals surface area contributed by atoms with Gasteiger partial charge in [-0.1, -0.05) is 30.9 Å². The van der Waals surface area contributed by atoms with Gasteiger partial charge in [0.05, 0.1) is 17.3 Å². The van der Waals surface area contributed by atoms with Crippen LogP contribution < -0.4 is 9.64 Å². The van der Waals surface area contributed by atoms with Crippen LogP contribution in [0.5, 0.6) is 5.75 Å². The van der Waals surface area contributed by atoms with Crippen molar-refractivity contribution in [3.05, 3.63) is 94.9 Å². The normalized spacial score (nSPS) is 17.3.